The van der Waals surface area contributed by atoms with E-state index in [0.29, 0.717) is 11.8 Å². The van der Waals surface area contributed by atoms with Gasteiger partial charge < -0.3 is 20.9 Å². The Labute approximate surface area is 195 Å². The Morgan fingerprint density at radius 1 is 1.00 bits per heavy atom. The summed E-state index contributed by atoms with van der Waals surface area (Å²) in [5.74, 6) is -1.61. The second kappa shape index (κ2) is 9.59. The van der Waals surface area contributed by atoms with Gasteiger partial charge in [0.25, 0.3) is 11.8 Å². The highest BCUT2D eigenvalue weighted by molar-refractivity contribution is 6.02. The van der Waals surface area contributed by atoms with Gasteiger partial charge in [-0.25, -0.2) is 9.97 Å². The molecule has 0 aliphatic heterocycles. The molecule has 4 aromatic rings. The number of alkyl halides is 3. The highest BCUT2D eigenvalue weighted by Crippen LogP contribution is 2.35. The van der Waals surface area contributed by atoms with Crippen LogP contribution in [0.5, 0.6) is 0 Å². The molecule has 0 atom stereocenters. The molecule has 0 aliphatic rings. The number of aromatic nitrogens is 4. The third kappa shape index (κ3) is 5.58. The van der Waals surface area contributed by atoms with Crippen LogP contribution < -0.4 is 16.4 Å². The van der Waals surface area contributed by atoms with Crippen LogP contribution in [0.2, 0.25) is 0 Å². The van der Waals surface area contributed by atoms with E-state index in [1.54, 1.807) is 24.5 Å². The lowest BCUT2D eigenvalue weighted by Gasteiger charge is -2.11. The quantitative estimate of drug-likeness (QED) is 0.354. The third-order valence-corrected chi connectivity index (χ3v) is 4.71. The van der Waals surface area contributed by atoms with E-state index in [4.69, 9.17) is 10.3 Å². The normalized spacial score (nSPS) is 11.2. The minimum atomic E-state index is -4.68. The minimum Gasteiger partial charge on any atom is -0.398 e. The lowest BCUT2D eigenvalue weighted by Crippen LogP contribution is -2.24. The zero-order valence-electron chi connectivity index (χ0n) is 17.7. The van der Waals surface area contributed by atoms with Gasteiger partial charge in [-0.2, -0.15) is 13.2 Å². The number of rotatable bonds is 6. The summed E-state index contributed by atoms with van der Waals surface area (Å²) in [6, 6.07) is 9.20. The van der Waals surface area contributed by atoms with Crippen LogP contribution in [0.15, 0.2) is 65.7 Å². The number of carbonyl (C=O) groups is 2. The van der Waals surface area contributed by atoms with Crippen LogP contribution in [0, 0.1) is 0 Å². The smallest absolute Gasteiger partial charge is 0.398 e. The van der Waals surface area contributed by atoms with Crippen molar-refractivity contribution in [3.05, 3.63) is 83.9 Å². The number of carbonyl (C=O) groups excluding carboxylic acids is 2. The summed E-state index contributed by atoms with van der Waals surface area (Å²) < 4.78 is 44.0. The van der Waals surface area contributed by atoms with Crippen molar-refractivity contribution in [1.82, 2.24) is 25.4 Å². The van der Waals surface area contributed by atoms with E-state index in [1.165, 1.54) is 24.5 Å². The van der Waals surface area contributed by atoms with Crippen LogP contribution in [0.3, 0.4) is 0 Å². The van der Waals surface area contributed by atoms with Crippen LogP contribution in [0.1, 0.15) is 32.3 Å². The molecule has 0 bridgehead atoms. The molecule has 0 saturated heterocycles. The highest BCUT2D eigenvalue weighted by Gasteiger charge is 2.33. The van der Waals surface area contributed by atoms with Crippen molar-refractivity contribution in [1.29, 1.82) is 0 Å². The first-order valence-corrected chi connectivity index (χ1v) is 9.95. The molecule has 0 fully saturated rings. The van der Waals surface area contributed by atoms with Gasteiger partial charge in [-0.05, 0) is 36.4 Å². The number of hydrogen-bond donors (Lipinski definition) is 3. The van der Waals surface area contributed by atoms with E-state index in [2.05, 4.69) is 30.7 Å². The predicted molar refractivity (Wildman–Crippen MR) is 117 cm³/mol. The molecule has 178 valence electrons. The van der Waals surface area contributed by atoms with Gasteiger partial charge in [0, 0.05) is 35.4 Å². The molecule has 1 aromatic carbocycles. The second-order valence-electron chi connectivity index (χ2n) is 7.14. The Bertz CT molecular complexity index is 1370. The van der Waals surface area contributed by atoms with E-state index in [-0.39, 0.29) is 29.4 Å². The second-order valence-corrected chi connectivity index (χ2v) is 7.14. The highest BCUT2D eigenvalue weighted by atomic mass is 19.4. The standard InChI is InChI=1S/C22H16F3N7O3/c23-22(24,25)15-7-13(1-2-16(15)26)31-21(34)19-8-14(32-35-19)10-28-20(33)18-9-17(29-11-30-18)12-3-5-27-6-4-12/h1-9,11H,10,26H2,(H,28,33)(H,31,34). The topological polar surface area (TPSA) is 149 Å². The van der Waals surface area contributed by atoms with Gasteiger partial charge >= 0.3 is 6.18 Å². The van der Waals surface area contributed by atoms with Crippen molar-refractivity contribution >= 4 is 23.2 Å². The summed E-state index contributed by atoms with van der Waals surface area (Å²) in [4.78, 5) is 36.8. The Morgan fingerprint density at radius 3 is 2.51 bits per heavy atom. The molecule has 0 unspecified atom stereocenters. The van der Waals surface area contributed by atoms with Crippen molar-refractivity contribution in [2.45, 2.75) is 12.7 Å². The van der Waals surface area contributed by atoms with Crippen LogP contribution in [-0.2, 0) is 12.7 Å². The zero-order valence-corrected chi connectivity index (χ0v) is 17.7. The first-order chi connectivity index (χ1) is 16.7. The van der Waals surface area contributed by atoms with E-state index >= 15 is 0 Å². The molecular weight excluding hydrogens is 467 g/mol. The molecular formula is C22H16F3N7O3. The first kappa shape index (κ1) is 23.4. The summed E-state index contributed by atoms with van der Waals surface area (Å²) >= 11 is 0. The number of halogens is 3. The maximum Gasteiger partial charge on any atom is 0.418 e. The average Bonchev–Trinajstić information content (AvgIpc) is 3.33. The lowest BCUT2D eigenvalue weighted by atomic mass is 10.1. The summed E-state index contributed by atoms with van der Waals surface area (Å²) in [7, 11) is 0. The molecule has 35 heavy (non-hydrogen) atoms. The van der Waals surface area contributed by atoms with Crippen LogP contribution >= 0.6 is 0 Å². The fraction of sp³-hybridized carbons (Fsp3) is 0.0909. The number of pyridine rings is 1. The number of nitrogens with two attached hydrogens (primary N) is 1. The number of anilines is 2. The van der Waals surface area contributed by atoms with Crippen LogP contribution in [0.4, 0.5) is 24.5 Å². The van der Waals surface area contributed by atoms with E-state index < -0.39 is 29.2 Å². The van der Waals surface area contributed by atoms with Crippen LogP contribution in [0.25, 0.3) is 11.3 Å². The number of nitrogens with one attached hydrogen (secondary N) is 2. The van der Waals surface area contributed by atoms with Crippen molar-refractivity contribution < 1.29 is 27.3 Å². The van der Waals surface area contributed by atoms with Gasteiger partial charge in [-0.3, -0.25) is 14.6 Å². The molecule has 0 aliphatic carbocycles. The van der Waals surface area contributed by atoms with Gasteiger partial charge in [0.2, 0.25) is 5.76 Å². The SMILES string of the molecule is Nc1ccc(NC(=O)c2cc(CNC(=O)c3cc(-c4ccncc4)ncn3)no2)cc1C(F)(F)F. The molecule has 13 heteroatoms. The number of amides is 2. The molecule has 10 nitrogen and oxygen atoms in total. The average molecular weight is 483 g/mol. The lowest BCUT2D eigenvalue weighted by molar-refractivity contribution is -0.136. The molecule has 3 heterocycles. The van der Waals surface area contributed by atoms with Crippen molar-refractivity contribution in [2.75, 3.05) is 11.1 Å². The predicted octanol–water partition coefficient (Wildman–Crippen LogP) is 3.31. The number of nitrogens with zero attached hydrogens (tertiary/aromatic N) is 4. The summed E-state index contributed by atoms with van der Waals surface area (Å²) in [5, 5.41) is 8.57. The Balaban J connectivity index is 1.38. The maximum atomic E-state index is 13.0. The summed E-state index contributed by atoms with van der Waals surface area (Å²) in [6.07, 6.45) is -0.230. The Morgan fingerprint density at radius 2 is 1.77 bits per heavy atom. The zero-order chi connectivity index (χ0) is 25.0. The first-order valence-electron chi connectivity index (χ1n) is 9.95. The van der Waals surface area contributed by atoms with Crippen LogP contribution in [-0.4, -0.2) is 31.9 Å². The molecule has 0 radical (unpaired) electrons. The van der Waals surface area contributed by atoms with Gasteiger partial charge in [-0.1, -0.05) is 5.16 Å². The van der Waals surface area contributed by atoms with E-state index in [1.807, 2.05) is 0 Å². The maximum absolute atomic E-state index is 13.0. The minimum absolute atomic E-state index is 0.0930. The van der Waals surface area contributed by atoms with Gasteiger partial charge in [0.15, 0.2) is 0 Å². The molecule has 4 rings (SSSR count). The largest absolute Gasteiger partial charge is 0.418 e. The van der Waals surface area contributed by atoms with Gasteiger partial charge in [0.1, 0.15) is 17.7 Å². The Kier molecular flexibility index (Phi) is 6.40. The fourth-order valence-corrected chi connectivity index (χ4v) is 3.00. The van der Waals surface area contributed by atoms with Crippen molar-refractivity contribution in [3.63, 3.8) is 0 Å². The molecule has 0 spiro atoms. The fourth-order valence-electron chi connectivity index (χ4n) is 3.00. The van der Waals surface area contributed by atoms with Gasteiger partial charge in [-0.15, -0.1) is 0 Å². The van der Waals surface area contributed by atoms with E-state index in [0.717, 1.165) is 11.6 Å². The monoisotopic (exact) mass is 483 g/mol. The Hall–Kier alpha value is -4.81. The van der Waals surface area contributed by atoms with Crippen molar-refractivity contribution in [2.24, 2.45) is 0 Å². The summed E-state index contributed by atoms with van der Waals surface area (Å²) in [6.45, 7) is -0.0930. The summed E-state index contributed by atoms with van der Waals surface area (Å²) in [5.41, 5.74) is 5.29. The molecule has 0 saturated carbocycles. The van der Waals surface area contributed by atoms with E-state index in [9.17, 15) is 22.8 Å². The molecule has 3 aromatic heterocycles. The molecule has 2 amide bonds. The van der Waals surface area contributed by atoms with Crippen molar-refractivity contribution in [3.8, 4) is 11.3 Å². The van der Waals surface area contributed by atoms with Gasteiger partial charge in [0.05, 0.1) is 17.8 Å². The number of hydrogen-bond acceptors (Lipinski definition) is 8. The number of nitrogen functional groups attached to an aromatic ring is 1. The molecule has 4 N–H and O–H groups in total. The number of benzene rings is 1. The third-order valence-electron chi connectivity index (χ3n) is 4.71.